The van der Waals surface area contributed by atoms with Crippen molar-refractivity contribution in [3.8, 4) is 17.2 Å². The maximum atomic E-state index is 13.4. The van der Waals surface area contributed by atoms with E-state index in [-0.39, 0.29) is 17.3 Å². The maximum absolute atomic E-state index is 13.4. The van der Waals surface area contributed by atoms with Crippen molar-refractivity contribution in [2.75, 3.05) is 26.2 Å². The Bertz CT molecular complexity index is 1340. The topological polar surface area (TPSA) is 98.4 Å². The summed E-state index contributed by atoms with van der Waals surface area (Å²) in [5.74, 6) is 0.102. The van der Waals surface area contributed by atoms with Crippen molar-refractivity contribution in [3.05, 3.63) is 76.8 Å². The minimum absolute atomic E-state index is 0.0623. The summed E-state index contributed by atoms with van der Waals surface area (Å²) in [5, 5.41) is 11.5. The van der Waals surface area contributed by atoms with Gasteiger partial charge in [0, 0.05) is 17.3 Å². The van der Waals surface area contributed by atoms with Crippen molar-refractivity contribution < 1.29 is 33.3 Å². The average Bonchev–Trinajstić information content (AvgIpc) is 3.49. The molecule has 36 heavy (non-hydrogen) atoms. The van der Waals surface area contributed by atoms with Crippen LogP contribution in [0, 0.1) is 6.92 Å². The number of aryl methyl sites for hydroxylation is 1. The summed E-state index contributed by atoms with van der Waals surface area (Å²) in [6.45, 7) is 5.83. The van der Waals surface area contributed by atoms with Gasteiger partial charge in [-0.15, -0.1) is 0 Å². The Morgan fingerprint density at radius 3 is 2.25 bits per heavy atom. The van der Waals surface area contributed by atoms with Gasteiger partial charge in [-0.25, -0.2) is 0 Å². The number of amides is 1. The number of hydrogen-bond donors (Lipinski definition) is 1. The number of carbonyl (C=O) groups is 2. The second kappa shape index (κ2) is 9.81. The largest absolute Gasteiger partial charge is 0.507 e. The van der Waals surface area contributed by atoms with Crippen LogP contribution in [-0.2, 0) is 9.59 Å². The lowest BCUT2D eigenvalue weighted by molar-refractivity contribution is -0.132. The quantitative estimate of drug-likeness (QED) is 0.270. The number of Topliss-reactive ketones (excluding diaryl/α,β-unsaturated/α-hetero) is 1. The van der Waals surface area contributed by atoms with E-state index in [4.69, 9.17) is 18.6 Å². The molecule has 1 N–H and O–H groups in total. The molecule has 4 rings (SSSR count). The van der Waals surface area contributed by atoms with Crippen LogP contribution in [-0.4, -0.2) is 38.1 Å². The van der Waals surface area contributed by atoms with Crippen molar-refractivity contribution >= 4 is 23.1 Å². The Labute approximate surface area is 209 Å². The molecule has 1 aliphatic rings. The van der Waals surface area contributed by atoms with Crippen LogP contribution < -0.4 is 19.1 Å². The first kappa shape index (κ1) is 24.9. The minimum Gasteiger partial charge on any atom is -0.507 e. The molecule has 0 spiro atoms. The number of rotatable bonds is 7. The average molecular weight is 492 g/mol. The molecule has 1 aromatic heterocycles. The summed E-state index contributed by atoms with van der Waals surface area (Å²) in [7, 11) is 4.58. The number of carbonyl (C=O) groups excluding carboxylic acids is 2. The fourth-order valence-corrected chi connectivity index (χ4v) is 4.52. The summed E-state index contributed by atoms with van der Waals surface area (Å²) in [4.78, 5) is 28.1. The smallest absolute Gasteiger partial charge is 0.300 e. The highest BCUT2D eigenvalue weighted by Crippen LogP contribution is 2.45. The molecule has 1 unspecified atom stereocenters. The Hall–Kier alpha value is -4.20. The Morgan fingerprint density at radius 1 is 0.972 bits per heavy atom. The number of hydrogen-bond acceptors (Lipinski definition) is 7. The van der Waals surface area contributed by atoms with E-state index in [0.29, 0.717) is 39.8 Å². The van der Waals surface area contributed by atoms with Gasteiger partial charge in [-0.3, -0.25) is 14.5 Å². The monoisotopic (exact) mass is 491 g/mol. The number of ether oxygens (including phenoxy) is 3. The molecule has 3 aromatic rings. The third-order valence-corrected chi connectivity index (χ3v) is 6.36. The van der Waals surface area contributed by atoms with Crippen LogP contribution in [0.5, 0.6) is 17.2 Å². The van der Waals surface area contributed by atoms with Gasteiger partial charge in [0.25, 0.3) is 11.7 Å². The predicted molar refractivity (Wildman–Crippen MR) is 135 cm³/mol. The molecule has 2 aromatic carbocycles. The summed E-state index contributed by atoms with van der Waals surface area (Å²) < 4.78 is 21.9. The van der Waals surface area contributed by atoms with Gasteiger partial charge in [0.1, 0.15) is 23.3 Å². The molecule has 0 saturated carbocycles. The molecule has 0 bridgehead atoms. The Morgan fingerprint density at radius 2 is 1.67 bits per heavy atom. The van der Waals surface area contributed by atoms with Crippen LogP contribution in [0.4, 0.5) is 5.69 Å². The minimum atomic E-state index is -0.984. The molecule has 8 heteroatoms. The zero-order valence-electron chi connectivity index (χ0n) is 21.1. The third kappa shape index (κ3) is 4.08. The van der Waals surface area contributed by atoms with Crippen LogP contribution in [0.15, 0.2) is 58.7 Å². The van der Waals surface area contributed by atoms with Crippen LogP contribution in [0.1, 0.15) is 48.3 Å². The van der Waals surface area contributed by atoms with E-state index in [1.165, 1.54) is 25.4 Å². The van der Waals surface area contributed by atoms with Gasteiger partial charge in [-0.1, -0.05) is 13.8 Å². The van der Waals surface area contributed by atoms with Crippen molar-refractivity contribution in [1.29, 1.82) is 0 Å². The number of aliphatic hydroxyl groups is 1. The molecular weight excluding hydrogens is 462 g/mol. The molecule has 2 heterocycles. The number of benzene rings is 2. The van der Waals surface area contributed by atoms with E-state index in [0.717, 1.165) is 5.56 Å². The first-order chi connectivity index (χ1) is 17.2. The number of anilines is 1. The van der Waals surface area contributed by atoms with E-state index in [9.17, 15) is 14.7 Å². The summed E-state index contributed by atoms with van der Waals surface area (Å²) >= 11 is 0. The lowest BCUT2D eigenvalue weighted by Crippen LogP contribution is -2.29. The zero-order valence-corrected chi connectivity index (χ0v) is 21.1. The molecule has 1 saturated heterocycles. The van der Waals surface area contributed by atoms with Crippen molar-refractivity contribution in [2.24, 2.45) is 0 Å². The van der Waals surface area contributed by atoms with Crippen LogP contribution in [0.2, 0.25) is 0 Å². The van der Waals surface area contributed by atoms with Gasteiger partial charge in [0.2, 0.25) is 0 Å². The number of nitrogens with zero attached hydrogens (tertiary/aromatic N) is 1. The second-order valence-corrected chi connectivity index (χ2v) is 8.79. The maximum Gasteiger partial charge on any atom is 0.300 e. The molecule has 1 aliphatic heterocycles. The highest BCUT2D eigenvalue weighted by molar-refractivity contribution is 6.51. The van der Waals surface area contributed by atoms with E-state index < -0.39 is 17.7 Å². The lowest BCUT2D eigenvalue weighted by Gasteiger charge is -2.24. The summed E-state index contributed by atoms with van der Waals surface area (Å²) in [6.07, 6.45) is 1.46. The fourth-order valence-electron chi connectivity index (χ4n) is 4.52. The molecule has 8 nitrogen and oxygen atoms in total. The number of methoxy groups -OCH3 is 3. The zero-order chi connectivity index (χ0) is 26.1. The molecular formula is C28H29NO7. The van der Waals surface area contributed by atoms with Crippen LogP contribution >= 0.6 is 0 Å². The second-order valence-electron chi connectivity index (χ2n) is 8.79. The Balaban J connectivity index is 1.95. The van der Waals surface area contributed by atoms with Gasteiger partial charge in [-0.2, -0.15) is 0 Å². The van der Waals surface area contributed by atoms with Gasteiger partial charge in [0.15, 0.2) is 11.5 Å². The van der Waals surface area contributed by atoms with Crippen LogP contribution in [0.3, 0.4) is 0 Å². The van der Waals surface area contributed by atoms with Gasteiger partial charge < -0.3 is 23.7 Å². The van der Waals surface area contributed by atoms with Gasteiger partial charge >= 0.3 is 0 Å². The van der Waals surface area contributed by atoms with E-state index in [1.807, 2.05) is 26.8 Å². The third-order valence-electron chi connectivity index (χ3n) is 6.36. The van der Waals surface area contributed by atoms with E-state index in [2.05, 4.69) is 0 Å². The molecule has 1 amide bonds. The van der Waals surface area contributed by atoms with Crippen molar-refractivity contribution in [3.63, 3.8) is 0 Å². The van der Waals surface area contributed by atoms with Crippen molar-refractivity contribution in [2.45, 2.75) is 32.7 Å². The standard InChI is InChI=1S/C28H29NO7/c1-15(2)18-14-19(16(3)12-22(18)34-5)26(30)24-25(21-8-7-11-36-21)29(28(32)27(24)31)17-9-10-20(33-4)23(13-17)35-6/h7-15,25,30H,1-6H3/b26-24+. The number of furan rings is 1. The first-order valence-corrected chi connectivity index (χ1v) is 11.5. The summed E-state index contributed by atoms with van der Waals surface area (Å²) in [6, 6.07) is 10.9. The number of aliphatic hydroxyl groups excluding tert-OH is 1. The van der Waals surface area contributed by atoms with Crippen LogP contribution in [0.25, 0.3) is 5.76 Å². The molecule has 1 fully saturated rings. The van der Waals surface area contributed by atoms with E-state index >= 15 is 0 Å². The Kier molecular flexibility index (Phi) is 6.79. The van der Waals surface area contributed by atoms with Gasteiger partial charge in [0.05, 0.1) is 33.2 Å². The SMILES string of the molecule is COc1ccc(N2C(=O)C(=O)/C(=C(/O)c3cc(C(C)C)c(OC)cc3C)C2c2ccco2)cc1OC. The molecule has 188 valence electrons. The molecule has 1 atom stereocenters. The first-order valence-electron chi connectivity index (χ1n) is 11.5. The fraction of sp³-hybridized carbons (Fsp3) is 0.286. The summed E-state index contributed by atoms with van der Waals surface area (Å²) in [5.41, 5.74) is 2.34. The predicted octanol–water partition coefficient (Wildman–Crippen LogP) is 5.36. The molecule has 0 radical (unpaired) electrons. The highest BCUT2D eigenvalue weighted by Gasteiger charge is 2.48. The van der Waals surface area contributed by atoms with Crippen molar-refractivity contribution in [1.82, 2.24) is 0 Å². The van der Waals surface area contributed by atoms with Gasteiger partial charge in [-0.05, 0) is 60.4 Å². The number of ketones is 1. The lowest BCUT2D eigenvalue weighted by atomic mass is 9.92. The highest BCUT2D eigenvalue weighted by atomic mass is 16.5. The molecule has 0 aliphatic carbocycles. The van der Waals surface area contributed by atoms with E-state index in [1.54, 1.807) is 43.5 Å². The normalized spacial score (nSPS) is 17.1.